The van der Waals surface area contributed by atoms with Gasteiger partial charge in [0.15, 0.2) is 17.4 Å². The van der Waals surface area contributed by atoms with Crippen molar-refractivity contribution >= 4 is 11.6 Å². The molecular weight excluding hydrogens is 198 g/mol. The molecule has 0 aliphatic heterocycles. The molecule has 0 atom stereocenters. The Labute approximate surface area is 80.0 Å². The largest absolute Gasteiger partial charge is 0.505 e. The van der Waals surface area contributed by atoms with Crippen LogP contribution >= 0.6 is 11.6 Å². The number of benzene rings is 1. The maximum absolute atomic E-state index is 12.7. The Hall–Kier alpha value is -0.830. The van der Waals surface area contributed by atoms with Crippen LogP contribution in [-0.4, -0.2) is 11.0 Å². The fourth-order valence-corrected chi connectivity index (χ4v) is 1.18. The van der Waals surface area contributed by atoms with Gasteiger partial charge < -0.3 is 5.11 Å². The molecule has 0 aromatic heterocycles. The van der Waals surface area contributed by atoms with Crippen LogP contribution in [0.1, 0.15) is 12.0 Å². The molecule has 0 fully saturated rings. The number of rotatable bonds is 3. The molecule has 1 nitrogen and oxygen atoms in total. The summed E-state index contributed by atoms with van der Waals surface area (Å²) in [5, 5.41) is 8.93. The minimum absolute atomic E-state index is 0.458. The molecule has 4 heteroatoms. The molecule has 1 aromatic rings. The second kappa shape index (κ2) is 4.42. The third-order valence-electron chi connectivity index (χ3n) is 1.67. The Morgan fingerprint density at radius 3 is 2.54 bits per heavy atom. The van der Waals surface area contributed by atoms with E-state index in [1.807, 2.05) is 0 Å². The van der Waals surface area contributed by atoms with E-state index in [2.05, 4.69) is 0 Å². The summed E-state index contributed by atoms with van der Waals surface area (Å²) in [6.07, 6.45) is 1.21. The van der Waals surface area contributed by atoms with Gasteiger partial charge in [-0.25, -0.2) is 4.39 Å². The van der Waals surface area contributed by atoms with Gasteiger partial charge in [0.05, 0.1) is 0 Å². The minimum Gasteiger partial charge on any atom is -0.505 e. The lowest BCUT2D eigenvalue weighted by molar-refractivity contribution is 0.406. The standard InChI is InChI=1S/C9H9ClF2O/c10-3-1-2-6-4-7(11)9(12)8(13)5-6/h4-5,13H,1-3H2. The van der Waals surface area contributed by atoms with Crippen LogP contribution < -0.4 is 0 Å². The average Bonchev–Trinajstić information content (AvgIpc) is 2.10. The van der Waals surface area contributed by atoms with E-state index in [9.17, 15) is 8.78 Å². The molecule has 0 aliphatic carbocycles. The van der Waals surface area contributed by atoms with Crippen LogP contribution in [0.25, 0.3) is 0 Å². The lowest BCUT2D eigenvalue weighted by Gasteiger charge is -2.02. The Bertz CT molecular complexity index is 279. The first-order valence-corrected chi connectivity index (χ1v) is 4.41. The van der Waals surface area contributed by atoms with Gasteiger partial charge in [-0.15, -0.1) is 11.6 Å². The van der Waals surface area contributed by atoms with Crippen molar-refractivity contribution in [3.63, 3.8) is 0 Å². The number of hydrogen-bond acceptors (Lipinski definition) is 1. The summed E-state index contributed by atoms with van der Waals surface area (Å²) < 4.78 is 25.3. The van der Waals surface area contributed by atoms with Crippen molar-refractivity contribution in [1.29, 1.82) is 0 Å². The van der Waals surface area contributed by atoms with E-state index in [-0.39, 0.29) is 0 Å². The fourth-order valence-electron chi connectivity index (χ4n) is 1.04. The zero-order valence-electron chi connectivity index (χ0n) is 6.86. The van der Waals surface area contributed by atoms with E-state index in [0.717, 1.165) is 6.07 Å². The van der Waals surface area contributed by atoms with Crippen molar-refractivity contribution in [2.24, 2.45) is 0 Å². The van der Waals surface area contributed by atoms with Gasteiger partial charge in [-0.2, -0.15) is 4.39 Å². The lowest BCUT2D eigenvalue weighted by Crippen LogP contribution is -1.91. The summed E-state index contributed by atoms with van der Waals surface area (Å²) in [7, 11) is 0. The number of phenols is 1. The topological polar surface area (TPSA) is 20.2 Å². The summed E-state index contributed by atoms with van der Waals surface area (Å²) in [4.78, 5) is 0. The summed E-state index contributed by atoms with van der Waals surface area (Å²) >= 11 is 5.43. The van der Waals surface area contributed by atoms with Crippen molar-refractivity contribution in [2.45, 2.75) is 12.8 Å². The molecule has 1 N–H and O–H groups in total. The van der Waals surface area contributed by atoms with Gasteiger partial charge in [0.1, 0.15) is 0 Å². The summed E-state index contributed by atoms with van der Waals surface area (Å²) in [5.74, 6) is -2.41. The highest BCUT2D eigenvalue weighted by Crippen LogP contribution is 2.21. The van der Waals surface area contributed by atoms with Crippen LogP contribution in [0.2, 0.25) is 0 Å². The second-order valence-electron chi connectivity index (χ2n) is 2.70. The molecule has 0 unspecified atom stereocenters. The molecule has 1 aromatic carbocycles. The van der Waals surface area contributed by atoms with Crippen molar-refractivity contribution in [3.05, 3.63) is 29.3 Å². The highest BCUT2D eigenvalue weighted by molar-refractivity contribution is 6.17. The first-order valence-electron chi connectivity index (χ1n) is 3.88. The smallest absolute Gasteiger partial charge is 0.200 e. The van der Waals surface area contributed by atoms with Crippen LogP contribution in [0, 0.1) is 11.6 Å². The molecule has 1 rings (SSSR count). The SMILES string of the molecule is Oc1cc(CCCCl)cc(F)c1F. The van der Waals surface area contributed by atoms with Crippen LogP contribution in [0.5, 0.6) is 5.75 Å². The number of alkyl halides is 1. The Kier molecular flexibility index (Phi) is 3.48. The van der Waals surface area contributed by atoms with Gasteiger partial charge in [0.25, 0.3) is 0 Å². The molecule has 0 spiro atoms. The normalized spacial score (nSPS) is 10.4. The molecule has 0 aliphatic rings. The molecule has 0 bridgehead atoms. The molecule has 0 saturated carbocycles. The zero-order chi connectivity index (χ0) is 9.84. The summed E-state index contributed by atoms with van der Waals surface area (Å²) in [6, 6.07) is 2.28. The molecular formula is C9H9ClF2O. The first kappa shape index (κ1) is 10.3. The minimum atomic E-state index is -1.20. The van der Waals surface area contributed by atoms with Gasteiger partial charge in [0, 0.05) is 5.88 Å². The molecule has 0 saturated heterocycles. The zero-order valence-corrected chi connectivity index (χ0v) is 7.61. The molecule has 72 valence electrons. The number of halogens is 3. The van der Waals surface area contributed by atoms with Gasteiger partial charge in [-0.3, -0.25) is 0 Å². The number of aryl methyl sites for hydroxylation is 1. The molecule has 13 heavy (non-hydrogen) atoms. The van der Waals surface area contributed by atoms with Crippen LogP contribution in [0.15, 0.2) is 12.1 Å². The summed E-state index contributed by atoms with van der Waals surface area (Å²) in [6.45, 7) is 0. The maximum atomic E-state index is 12.7. The quantitative estimate of drug-likeness (QED) is 0.754. The third kappa shape index (κ3) is 2.56. The Balaban J connectivity index is 2.86. The van der Waals surface area contributed by atoms with E-state index < -0.39 is 17.4 Å². The maximum Gasteiger partial charge on any atom is 0.200 e. The molecule has 0 amide bonds. The Morgan fingerprint density at radius 2 is 2.00 bits per heavy atom. The predicted octanol–water partition coefficient (Wildman–Crippen LogP) is 2.84. The van der Waals surface area contributed by atoms with E-state index >= 15 is 0 Å². The number of hydrogen-bond donors (Lipinski definition) is 1. The van der Waals surface area contributed by atoms with Crippen LogP contribution in [-0.2, 0) is 6.42 Å². The van der Waals surface area contributed by atoms with Gasteiger partial charge in [-0.1, -0.05) is 0 Å². The fraction of sp³-hybridized carbons (Fsp3) is 0.333. The molecule has 0 heterocycles. The second-order valence-corrected chi connectivity index (χ2v) is 3.08. The van der Waals surface area contributed by atoms with Crippen molar-refractivity contribution in [3.8, 4) is 5.75 Å². The number of phenolic OH excluding ortho intramolecular Hbond substituents is 1. The monoisotopic (exact) mass is 206 g/mol. The number of aromatic hydroxyl groups is 1. The Morgan fingerprint density at radius 1 is 1.31 bits per heavy atom. The predicted molar refractivity (Wildman–Crippen MR) is 47.1 cm³/mol. The summed E-state index contributed by atoms with van der Waals surface area (Å²) in [5.41, 5.74) is 0.553. The highest BCUT2D eigenvalue weighted by Gasteiger charge is 2.08. The van der Waals surface area contributed by atoms with Crippen LogP contribution in [0.4, 0.5) is 8.78 Å². The first-order chi connectivity index (χ1) is 6.15. The third-order valence-corrected chi connectivity index (χ3v) is 1.94. The van der Waals surface area contributed by atoms with E-state index in [1.165, 1.54) is 6.07 Å². The van der Waals surface area contributed by atoms with E-state index in [4.69, 9.17) is 16.7 Å². The van der Waals surface area contributed by atoms with Gasteiger partial charge in [-0.05, 0) is 30.5 Å². The molecule has 0 radical (unpaired) electrons. The van der Waals surface area contributed by atoms with Crippen LogP contribution in [0.3, 0.4) is 0 Å². The average molecular weight is 207 g/mol. The van der Waals surface area contributed by atoms with E-state index in [0.29, 0.717) is 24.3 Å². The lowest BCUT2D eigenvalue weighted by atomic mass is 10.1. The highest BCUT2D eigenvalue weighted by atomic mass is 35.5. The van der Waals surface area contributed by atoms with Crippen molar-refractivity contribution < 1.29 is 13.9 Å². The van der Waals surface area contributed by atoms with Crippen molar-refractivity contribution in [1.82, 2.24) is 0 Å². The van der Waals surface area contributed by atoms with Gasteiger partial charge in [0.2, 0.25) is 0 Å². The van der Waals surface area contributed by atoms with E-state index in [1.54, 1.807) is 0 Å². The van der Waals surface area contributed by atoms with Gasteiger partial charge >= 0.3 is 0 Å². The van der Waals surface area contributed by atoms with Crippen molar-refractivity contribution in [2.75, 3.05) is 5.88 Å².